The fourth-order valence-electron chi connectivity index (χ4n) is 4.79. The summed E-state index contributed by atoms with van der Waals surface area (Å²) in [6.07, 6.45) is 3.66. The molecule has 2 heterocycles. The fraction of sp³-hybridized carbons (Fsp3) is 0.619. The zero-order valence-electron chi connectivity index (χ0n) is 17.6. The third-order valence-electron chi connectivity index (χ3n) is 6.83. The lowest BCUT2D eigenvalue weighted by molar-refractivity contribution is -0.135. The summed E-state index contributed by atoms with van der Waals surface area (Å²) in [6, 6.07) is 6.53. The summed E-state index contributed by atoms with van der Waals surface area (Å²) in [6.45, 7) is 5.79. The maximum atomic E-state index is 13.1. The van der Waals surface area contributed by atoms with Gasteiger partial charge in [0.05, 0.1) is 11.6 Å². The highest BCUT2D eigenvalue weighted by Gasteiger charge is 2.55. The number of hydrogen-bond donors (Lipinski definition) is 1. The van der Waals surface area contributed by atoms with Crippen LogP contribution in [0, 0.1) is 12.8 Å². The third kappa shape index (κ3) is 3.63. The van der Waals surface area contributed by atoms with Crippen LogP contribution in [0.3, 0.4) is 0 Å². The molecule has 0 aromatic heterocycles. The number of urea groups is 1. The first-order valence-corrected chi connectivity index (χ1v) is 12.1. The Morgan fingerprint density at radius 1 is 1.07 bits per heavy atom. The SMILES string of the molecule is Cc1ccc(S(=O)(=O)N2CCN(CN3C(=O)N[C@]4(CCCC[C@@H]4C)C3=O)CC2)cc1. The number of nitrogens with zero attached hydrogens (tertiary/aromatic N) is 3. The quantitative estimate of drug-likeness (QED) is 0.730. The first-order valence-electron chi connectivity index (χ1n) is 10.7. The van der Waals surface area contributed by atoms with E-state index in [0.717, 1.165) is 24.8 Å². The van der Waals surface area contributed by atoms with Gasteiger partial charge < -0.3 is 5.32 Å². The number of nitrogens with one attached hydrogen (secondary N) is 1. The lowest BCUT2D eigenvalue weighted by Crippen LogP contribution is -2.55. The van der Waals surface area contributed by atoms with Crippen molar-refractivity contribution in [2.45, 2.75) is 50.0 Å². The topological polar surface area (TPSA) is 90.0 Å². The summed E-state index contributed by atoms with van der Waals surface area (Å²) in [7, 11) is -3.53. The van der Waals surface area contributed by atoms with E-state index in [0.29, 0.717) is 37.5 Å². The number of hydrogen-bond acceptors (Lipinski definition) is 5. The Bertz CT molecular complexity index is 925. The van der Waals surface area contributed by atoms with Gasteiger partial charge in [0.1, 0.15) is 5.54 Å². The average molecular weight is 435 g/mol. The smallest absolute Gasteiger partial charge is 0.323 e. The molecule has 1 N–H and O–H groups in total. The van der Waals surface area contributed by atoms with Crippen LogP contribution in [0.25, 0.3) is 0 Å². The number of sulfonamides is 1. The molecule has 2 aliphatic heterocycles. The van der Waals surface area contributed by atoms with Crippen molar-refractivity contribution in [1.82, 2.24) is 19.4 Å². The third-order valence-corrected chi connectivity index (χ3v) is 8.75. The second-order valence-corrected chi connectivity index (χ2v) is 10.7. The molecule has 1 spiro atoms. The van der Waals surface area contributed by atoms with Gasteiger partial charge in [-0.25, -0.2) is 18.1 Å². The Balaban J connectivity index is 1.39. The summed E-state index contributed by atoms with van der Waals surface area (Å²) in [5, 5.41) is 2.97. The van der Waals surface area contributed by atoms with E-state index in [4.69, 9.17) is 0 Å². The molecule has 164 valence electrons. The number of imide groups is 1. The number of carbonyl (C=O) groups is 2. The molecular formula is C21H30N4O4S. The van der Waals surface area contributed by atoms with Gasteiger partial charge in [0.15, 0.2) is 0 Å². The van der Waals surface area contributed by atoms with E-state index >= 15 is 0 Å². The molecular weight excluding hydrogens is 404 g/mol. The van der Waals surface area contributed by atoms with Crippen LogP contribution in [0.4, 0.5) is 4.79 Å². The molecule has 30 heavy (non-hydrogen) atoms. The second kappa shape index (κ2) is 7.94. The Morgan fingerprint density at radius 2 is 1.73 bits per heavy atom. The molecule has 0 radical (unpaired) electrons. The summed E-state index contributed by atoms with van der Waals surface area (Å²) in [5.41, 5.74) is 0.253. The zero-order chi connectivity index (χ0) is 21.5. The van der Waals surface area contributed by atoms with Crippen molar-refractivity contribution in [2.24, 2.45) is 5.92 Å². The van der Waals surface area contributed by atoms with Crippen LogP contribution in [-0.2, 0) is 14.8 Å². The van der Waals surface area contributed by atoms with Crippen LogP contribution in [0.1, 0.15) is 38.2 Å². The molecule has 0 bridgehead atoms. The van der Waals surface area contributed by atoms with Crippen molar-refractivity contribution >= 4 is 22.0 Å². The van der Waals surface area contributed by atoms with Crippen LogP contribution < -0.4 is 5.32 Å². The first-order chi connectivity index (χ1) is 14.2. The van der Waals surface area contributed by atoms with Crippen LogP contribution in [0.2, 0.25) is 0 Å². The van der Waals surface area contributed by atoms with Gasteiger partial charge in [-0.15, -0.1) is 0 Å². The molecule has 2 saturated heterocycles. The monoisotopic (exact) mass is 434 g/mol. The van der Waals surface area contributed by atoms with E-state index in [9.17, 15) is 18.0 Å². The lowest BCUT2D eigenvalue weighted by atomic mass is 9.73. The maximum absolute atomic E-state index is 13.1. The van der Waals surface area contributed by atoms with E-state index in [1.807, 2.05) is 18.7 Å². The van der Waals surface area contributed by atoms with Gasteiger partial charge in [-0.1, -0.05) is 37.5 Å². The summed E-state index contributed by atoms with van der Waals surface area (Å²) < 4.78 is 27.2. The van der Waals surface area contributed by atoms with Crippen LogP contribution in [-0.4, -0.2) is 72.8 Å². The Morgan fingerprint density at radius 3 is 2.37 bits per heavy atom. The zero-order valence-corrected chi connectivity index (χ0v) is 18.5. The molecule has 3 amide bonds. The molecule has 2 atom stereocenters. The van der Waals surface area contributed by atoms with Gasteiger partial charge in [-0.3, -0.25) is 9.69 Å². The van der Waals surface area contributed by atoms with Gasteiger partial charge >= 0.3 is 6.03 Å². The van der Waals surface area contributed by atoms with Crippen molar-refractivity contribution in [3.8, 4) is 0 Å². The summed E-state index contributed by atoms with van der Waals surface area (Å²) >= 11 is 0. The minimum atomic E-state index is -3.53. The standard InChI is InChI=1S/C21H30N4O4S/c1-16-6-8-18(9-7-16)30(28,29)24-13-11-23(12-14-24)15-25-19(26)21(22-20(25)27)10-4-3-5-17(21)2/h6-9,17H,3-5,10-15H2,1-2H3,(H,22,27)/t17-,21-/m0/s1. The highest BCUT2D eigenvalue weighted by Crippen LogP contribution is 2.38. The van der Waals surface area contributed by atoms with Gasteiger partial charge in [0.2, 0.25) is 10.0 Å². The van der Waals surface area contributed by atoms with Crippen molar-refractivity contribution in [2.75, 3.05) is 32.8 Å². The van der Waals surface area contributed by atoms with Crippen molar-refractivity contribution in [1.29, 1.82) is 0 Å². The predicted octanol–water partition coefficient (Wildman–Crippen LogP) is 1.76. The molecule has 9 heteroatoms. The molecule has 1 aliphatic carbocycles. The Kier molecular flexibility index (Phi) is 5.63. The van der Waals surface area contributed by atoms with E-state index in [1.165, 1.54) is 9.21 Å². The van der Waals surface area contributed by atoms with Gasteiger partial charge in [-0.05, 0) is 37.8 Å². The highest BCUT2D eigenvalue weighted by atomic mass is 32.2. The van der Waals surface area contributed by atoms with Gasteiger partial charge in [0, 0.05) is 26.2 Å². The number of benzene rings is 1. The largest absolute Gasteiger partial charge is 0.326 e. The second-order valence-electron chi connectivity index (χ2n) is 8.76. The van der Waals surface area contributed by atoms with Crippen molar-refractivity contribution in [3.63, 3.8) is 0 Å². The molecule has 0 unspecified atom stereocenters. The average Bonchev–Trinajstić information content (AvgIpc) is 2.96. The Labute approximate surface area is 178 Å². The highest BCUT2D eigenvalue weighted by molar-refractivity contribution is 7.89. The molecule has 1 saturated carbocycles. The first kappa shape index (κ1) is 21.3. The van der Waals surface area contributed by atoms with Crippen LogP contribution in [0.15, 0.2) is 29.2 Å². The Hall–Kier alpha value is -1.97. The molecule has 1 aromatic rings. The molecule has 1 aromatic carbocycles. The fourth-order valence-corrected chi connectivity index (χ4v) is 6.22. The minimum absolute atomic E-state index is 0.129. The number of carbonyl (C=O) groups excluding carboxylic acids is 2. The van der Waals surface area contributed by atoms with Crippen LogP contribution in [0.5, 0.6) is 0 Å². The van der Waals surface area contributed by atoms with Gasteiger partial charge in [-0.2, -0.15) is 4.31 Å². The molecule has 8 nitrogen and oxygen atoms in total. The van der Waals surface area contributed by atoms with Crippen molar-refractivity contribution < 1.29 is 18.0 Å². The normalized spacial score (nSPS) is 28.9. The number of aryl methyl sites for hydroxylation is 1. The lowest BCUT2D eigenvalue weighted by Gasteiger charge is -2.38. The summed E-state index contributed by atoms with van der Waals surface area (Å²) in [5.74, 6) is -0.00129. The predicted molar refractivity (Wildman–Crippen MR) is 112 cm³/mol. The molecule has 4 rings (SSSR count). The minimum Gasteiger partial charge on any atom is -0.323 e. The molecule has 3 fully saturated rings. The summed E-state index contributed by atoms with van der Waals surface area (Å²) in [4.78, 5) is 29.3. The molecule has 3 aliphatic rings. The van der Waals surface area contributed by atoms with Gasteiger partial charge in [0.25, 0.3) is 5.91 Å². The van der Waals surface area contributed by atoms with Crippen molar-refractivity contribution in [3.05, 3.63) is 29.8 Å². The number of piperazine rings is 1. The van der Waals surface area contributed by atoms with E-state index in [-0.39, 0.29) is 24.5 Å². The van der Waals surface area contributed by atoms with E-state index in [2.05, 4.69) is 5.32 Å². The maximum Gasteiger partial charge on any atom is 0.326 e. The van der Waals surface area contributed by atoms with E-state index in [1.54, 1.807) is 24.3 Å². The number of rotatable bonds is 4. The van der Waals surface area contributed by atoms with Crippen LogP contribution >= 0.6 is 0 Å². The number of amides is 3. The van der Waals surface area contributed by atoms with E-state index < -0.39 is 15.6 Å².